The third-order valence-electron chi connectivity index (χ3n) is 5.15. The molecule has 2 aliphatic rings. The summed E-state index contributed by atoms with van der Waals surface area (Å²) in [6.07, 6.45) is -4.67. The van der Waals surface area contributed by atoms with Crippen LogP contribution in [0.4, 0.5) is 18.0 Å². The Labute approximate surface area is 136 Å². The number of carbonyl (C=O) groups is 2. The summed E-state index contributed by atoms with van der Waals surface area (Å²) in [6.45, 7) is 0.858. The first kappa shape index (κ1) is 16.6. The van der Waals surface area contributed by atoms with Crippen molar-refractivity contribution in [2.45, 2.75) is 24.9 Å². The average molecular weight is 342 g/mol. The van der Waals surface area contributed by atoms with Gasteiger partial charge in [0.1, 0.15) is 0 Å². The molecule has 24 heavy (non-hydrogen) atoms. The van der Waals surface area contributed by atoms with Crippen LogP contribution in [-0.2, 0) is 11.0 Å². The Morgan fingerprint density at radius 1 is 1.21 bits per heavy atom. The quantitative estimate of drug-likeness (QED) is 0.824. The van der Waals surface area contributed by atoms with Crippen LogP contribution in [0.5, 0.6) is 0 Å². The van der Waals surface area contributed by atoms with Crippen LogP contribution in [0.1, 0.15) is 29.9 Å². The van der Waals surface area contributed by atoms with Gasteiger partial charge in [0, 0.05) is 25.6 Å². The van der Waals surface area contributed by atoms with Crippen LogP contribution in [0.2, 0.25) is 0 Å². The monoisotopic (exact) mass is 342 g/mol. The van der Waals surface area contributed by atoms with E-state index >= 15 is 0 Å². The summed E-state index contributed by atoms with van der Waals surface area (Å²) in [5.74, 6) is -0.388. The van der Waals surface area contributed by atoms with Gasteiger partial charge in [0.2, 0.25) is 5.91 Å². The molecule has 130 valence electrons. The molecule has 2 fully saturated rings. The number of carbonyl (C=O) groups excluding carboxylic acids is 1. The standard InChI is InChI=1S/C16H17F3N2O3/c17-16(18,19)11-3-1-10(2-4-11)12-9-20-13(22)15(12)5-7-21(8-6-15)14(23)24/h1-4,12H,5-9H2,(H,20,22)(H,23,24). The van der Waals surface area contributed by atoms with E-state index in [0.717, 1.165) is 12.1 Å². The fraction of sp³-hybridized carbons (Fsp3) is 0.500. The van der Waals surface area contributed by atoms with E-state index in [0.29, 0.717) is 24.9 Å². The highest BCUT2D eigenvalue weighted by Gasteiger charge is 2.52. The van der Waals surface area contributed by atoms with E-state index in [1.807, 2.05) is 0 Å². The third-order valence-corrected chi connectivity index (χ3v) is 5.15. The molecule has 2 N–H and O–H groups in total. The summed E-state index contributed by atoms with van der Waals surface area (Å²) in [4.78, 5) is 24.7. The number of carboxylic acid groups (broad SMARTS) is 1. The maximum Gasteiger partial charge on any atom is 0.416 e. The molecule has 5 nitrogen and oxygen atoms in total. The Kier molecular flexibility index (Phi) is 3.93. The number of alkyl halides is 3. The summed E-state index contributed by atoms with van der Waals surface area (Å²) in [6, 6.07) is 4.88. The minimum atomic E-state index is -4.40. The fourth-order valence-electron chi connectivity index (χ4n) is 3.74. The highest BCUT2D eigenvalue weighted by molar-refractivity contribution is 5.87. The van der Waals surface area contributed by atoms with E-state index in [1.54, 1.807) is 0 Å². The van der Waals surface area contributed by atoms with Gasteiger partial charge in [0.05, 0.1) is 11.0 Å². The van der Waals surface area contributed by atoms with Crippen molar-refractivity contribution in [3.63, 3.8) is 0 Å². The number of hydrogen-bond donors (Lipinski definition) is 2. The normalized spacial score (nSPS) is 23.4. The number of benzene rings is 1. The SMILES string of the molecule is O=C(O)N1CCC2(CC1)C(=O)NCC2c1ccc(C(F)(F)F)cc1. The summed E-state index contributed by atoms with van der Waals surface area (Å²) in [7, 11) is 0. The molecule has 0 saturated carbocycles. The summed E-state index contributed by atoms with van der Waals surface area (Å²) < 4.78 is 38.1. The van der Waals surface area contributed by atoms with E-state index < -0.39 is 23.2 Å². The molecule has 1 aromatic carbocycles. The first-order valence-corrected chi connectivity index (χ1v) is 7.67. The predicted octanol–water partition coefficient (Wildman–Crippen LogP) is 2.68. The summed E-state index contributed by atoms with van der Waals surface area (Å²) in [5, 5.41) is 11.8. The van der Waals surface area contributed by atoms with Gasteiger partial charge in [0.15, 0.2) is 0 Å². The average Bonchev–Trinajstić information content (AvgIpc) is 2.84. The number of halogens is 3. The van der Waals surface area contributed by atoms with Gasteiger partial charge in [-0.05, 0) is 30.5 Å². The van der Waals surface area contributed by atoms with Crippen LogP contribution in [-0.4, -0.2) is 41.6 Å². The lowest BCUT2D eigenvalue weighted by Gasteiger charge is -2.40. The highest BCUT2D eigenvalue weighted by atomic mass is 19.4. The van der Waals surface area contributed by atoms with Crippen molar-refractivity contribution in [3.8, 4) is 0 Å². The second-order valence-corrected chi connectivity index (χ2v) is 6.31. The Hall–Kier alpha value is -2.25. The van der Waals surface area contributed by atoms with E-state index in [2.05, 4.69) is 5.32 Å². The van der Waals surface area contributed by atoms with E-state index in [-0.39, 0.29) is 24.9 Å². The van der Waals surface area contributed by atoms with Crippen molar-refractivity contribution in [3.05, 3.63) is 35.4 Å². The molecule has 1 aromatic rings. The third kappa shape index (κ3) is 2.70. The van der Waals surface area contributed by atoms with Crippen LogP contribution in [0.3, 0.4) is 0 Å². The van der Waals surface area contributed by atoms with Crippen LogP contribution in [0.15, 0.2) is 24.3 Å². The van der Waals surface area contributed by atoms with Gasteiger partial charge >= 0.3 is 12.3 Å². The van der Waals surface area contributed by atoms with Gasteiger partial charge in [0.25, 0.3) is 0 Å². The topological polar surface area (TPSA) is 69.6 Å². The molecule has 1 spiro atoms. The number of nitrogens with zero attached hydrogens (tertiary/aromatic N) is 1. The van der Waals surface area contributed by atoms with E-state index in [1.165, 1.54) is 17.0 Å². The second-order valence-electron chi connectivity index (χ2n) is 6.31. The lowest BCUT2D eigenvalue weighted by Crippen LogP contribution is -2.47. The number of piperidine rings is 1. The van der Waals surface area contributed by atoms with Gasteiger partial charge in [-0.3, -0.25) is 4.79 Å². The van der Waals surface area contributed by atoms with Crippen molar-refractivity contribution in [2.24, 2.45) is 5.41 Å². The zero-order valence-corrected chi connectivity index (χ0v) is 12.8. The van der Waals surface area contributed by atoms with Gasteiger partial charge in [-0.25, -0.2) is 4.79 Å². The van der Waals surface area contributed by atoms with Crippen LogP contribution in [0.25, 0.3) is 0 Å². The molecule has 0 radical (unpaired) electrons. The largest absolute Gasteiger partial charge is 0.465 e. The molecule has 0 bridgehead atoms. The lowest BCUT2D eigenvalue weighted by atomic mass is 9.68. The maximum atomic E-state index is 12.7. The van der Waals surface area contributed by atoms with E-state index in [4.69, 9.17) is 5.11 Å². The molecular formula is C16H17F3N2O3. The minimum absolute atomic E-state index is 0.141. The van der Waals surface area contributed by atoms with Crippen molar-refractivity contribution in [1.29, 1.82) is 0 Å². The molecule has 2 saturated heterocycles. The Balaban J connectivity index is 1.85. The molecule has 2 aliphatic heterocycles. The second kappa shape index (κ2) is 5.68. The minimum Gasteiger partial charge on any atom is -0.465 e. The Morgan fingerprint density at radius 2 is 1.79 bits per heavy atom. The maximum absolute atomic E-state index is 12.7. The van der Waals surface area contributed by atoms with Crippen molar-refractivity contribution in [1.82, 2.24) is 10.2 Å². The Morgan fingerprint density at radius 3 is 2.29 bits per heavy atom. The highest BCUT2D eigenvalue weighted by Crippen LogP contribution is 2.48. The predicted molar refractivity (Wildman–Crippen MR) is 78.5 cm³/mol. The zero-order valence-electron chi connectivity index (χ0n) is 12.8. The molecular weight excluding hydrogens is 325 g/mol. The van der Waals surface area contributed by atoms with Crippen LogP contribution >= 0.6 is 0 Å². The number of nitrogens with one attached hydrogen (secondary N) is 1. The van der Waals surface area contributed by atoms with Gasteiger partial charge in [-0.2, -0.15) is 13.2 Å². The van der Waals surface area contributed by atoms with Crippen molar-refractivity contribution in [2.75, 3.05) is 19.6 Å². The lowest BCUT2D eigenvalue weighted by molar-refractivity contribution is -0.137. The number of rotatable bonds is 1. The fourth-order valence-corrected chi connectivity index (χ4v) is 3.74. The molecule has 1 unspecified atom stereocenters. The van der Waals surface area contributed by atoms with Gasteiger partial charge < -0.3 is 15.3 Å². The summed E-state index contributed by atoms with van der Waals surface area (Å²) in [5.41, 5.74) is -0.797. The van der Waals surface area contributed by atoms with Crippen molar-refractivity contribution >= 4 is 12.0 Å². The number of amides is 2. The molecule has 1 atom stereocenters. The molecule has 0 aromatic heterocycles. The molecule has 3 rings (SSSR count). The van der Waals surface area contributed by atoms with Crippen LogP contribution < -0.4 is 5.32 Å². The number of hydrogen-bond acceptors (Lipinski definition) is 2. The molecule has 2 amide bonds. The van der Waals surface area contributed by atoms with Crippen LogP contribution in [0, 0.1) is 5.41 Å². The number of likely N-dealkylation sites (tertiary alicyclic amines) is 1. The molecule has 8 heteroatoms. The Bertz CT molecular complexity index is 650. The first-order valence-electron chi connectivity index (χ1n) is 7.67. The van der Waals surface area contributed by atoms with E-state index in [9.17, 15) is 22.8 Å². The van der Waals surface area contributed by atoms with Gasteiger partial charge in [-0.1, -0.05) is 12.1 Å². The van der Waals surface area contributed by atoms with Crippen molar-refractivity contribution < 1.29 is 27.9 Å². The first-order chi connectivity index (χ1) is 11.2. The van der Waals surface area contributed by atoms with Gasteiger partial charge in [-0.15, -0.1) is 0 Å². The smallest absolute Gasteiger partial charge is 0.416 e. The molecule has 0 aliphatic carbocycles. The molecule has 2 heterocycles. The zero-order chi connectivity index (χ0) is 17.5. The summed E-state index contributed by atoms with van der Waals surface area (Å²) >= 11 is 0.